The molecule has 166 valence electrons. The Morgan fingerprint density at radius 2 is 1.47 bits per heavy atom. The van der Waals surface area contributed by atoms with E-state index in [-0.39, 0.29) is 29.9 Å². The fourth-order valence-electron chi connectivity index (χ4n) is 5.04. The van der Waals surface area contributed by atoms with E-state index in [1.165, 1.54) is 31.2 Å². The molecule has 1 aromatic carbocycles. The lowest BCUT2D eigenvalue weighted by Gasteiger charge is -2.36. The first-order chi connectivity index (χ1) is 14.5. The Balaban J connectivity index is 1.73. The molecule has 0 radical (unpaired) electrons. The number of carbonyl (C=O) groups is 2. The number of urea groups is 1. The standard InChI is InChI=1S/C26H40N2O2/c1-19(2)18-21-14-16-22(17-15-21)20(3)25(29)28(24-12-8-5-9-13-24)26(30)27-23-10-6-4-7-11-23/h14-17,19-20,23-24H,4-13,18H2,1-3H3,(H,27,30). The van der Waals surface area contributed by atoms with Crippen LogP contribution in [0.25, 0.3) is 0 Å². The van der Waals surface area contributed by atoms with Gasteiger partial charge in [0.1, 0.15) is 0 Å². The summed E-state index contributed by atoms with van der Waals surface area (Å²) in [4.78, 5) is 28.4. The predicted octanol–water partition coefficient (Wildman–Crippen LogP) is 6.19. The van der Waals surface area contributed by atoms with Gasteiger partial charge in [0.25, 0.3) is 0 Å². The van der Waals surface area contributed by atoms with Gasteiger partial charge in [0.2, 0.25) is 5.91 Å². The lowest BCUT2D eigenvalue weighted by molar-refractivity contribution is -0.131. The van der Waals surface area contributed by atoms with E-state index < -0.39 is 0 Å². The minimum Gasteiger partial charge on any atom is -0.335 e. The van der Waals surface area contributed by atoms with Gasteiger partial charge in [-0.05, 0) is 56.1 Å². The maximum Gasteiger partial charge on any atom is 0.324 e. The Labute approximate surface area is 182 Å². The molecule has 0 aromatic heterocycles. The van der Waals surface area contributed by atoms with Gasteiger partial charge in [0.05, 0.1) is 5.92 Å². The van der Waals surface area contributed by atoms with Crippen molar-refractivity contribution < 1.29 is 9.59 Å². The van der Waals surface area contributed by atoms with Gasteiger partial charge in [-0.3, -0.25) is 9.69 Å². The third kappa shape index (κ3) is 6.09. The predicted molar refractivity (Wildman–Crippen MR) is 123 cm³/mol. The van der Waals surface area contributed by atoms with Crippen LogP contribution in [0.2, 0.25) is 0 Å². The number of rotatable bonds is 6. The highest BCUT2D eigenvalue weighted by Crippen LogP contribution is 2.28. The number of amides is 3. The second-order valence-electron chi connectivity index (χ2n) is 9.85. The van der Waals surface area contributed by atoms with Crippen molar-refractivity contribution in [3.63, 3.8) is 0 Å². The normalized spacial score (nSPS) is 19.5. The number of imide groups is 1. The van der Waals surface area contributed by atoms with Crippen molar-refractivity contribution in [3.05, 3.63) is 35.4 Å². The summed E-state index contributed by atoms with van der Waals surface area (Å²) in [6, 6.07) is 8.49. The van der Waals surface area contributed by atoms with Gasteiger partial charge in [0.15, 0.2) is 0 Å². The molecule has 2 aliphatic rings. The Morgan fingerprint density at radius 3 is 2.03 bits per heavy atom. The van der Waals surface area contributed by atoms with Crippen LogP contribution in [0.1, 0.15) is 102 Å². The number of benzene rings is 1. The largest absolute Gasteiger partial charge is 0.335 e. The summed E-state index contributed by atoms with van der Waals surface area (Å²) in [6.45, 7) is 6.38. The first-order valence-electron chi connectivity index (χ1n) is 12.2. The van der Waals surface area contributed by atoms with Crippen LogP contribution in [0, 0.1) is 5.92 Å². The van der Waals surface area contributed by atoms with E-state index in [0.29, 0.717) is 5.92 Å². The van der Waals surface area contributed by atoms with Crippen molar-refractivity contribution in [2.24, 2.45) is 5.92 Å². The van der Waals surface area contributed by atoms with Gasteiger partial charge in [-0.1, -0.05) is 76.6 Å². The molecular formula is C26H40N2O2. The molecule has 1 N–H and O–H groups in total. The average Bonchev–Trinajstić information content (AvgIpc) is 2.75. The number of nitrogens with zero attached hydrogens (tertiary/aromatic N) is 1. The van der Waals surface area contributed by atoms with Crippen molar-refractivity contribution >= 4 is 11.9 Å². The number of hydrogen-bond donors (Lipinski definition) is 1. The van der Waals surface area contributed by atoms with Crippen LogP contribution in [0.3, 0.4) is 0 Å². The zero-order valence-corrected chi connectivity index (χ0v) is 19.2. The second-order valence-corrected chi connectivity index (χ2v) is 9.85. The van der Waals surface area contributed by atoms with Crippen molar-refractivity contribution in [2.45, 2.75) is 109 Å². The summed E-state index contributed by atoms with van der Waals surface area (Å²) >= 11 is 0. The topological polar surface area (TPSA) is 49.4 Å². The zero-order valence-electron chi connectivity index (χ0n) is 19.2. The molecule has 3 amide bonds. The molecule has 2 aliphatic carbocycles. The smallest absolute Gasteiger partial charge is 0.324 e. The van der Waals surface area contributed by atoms with Gasteiger partial charge < -0.3 is 5.32 Å². The van der Waals surface area contributed by atoms with Crippen LogP contribution in [-0.2, 0) is 11.2 Å². The van der Waals surface area contributed by atoms with Crippen LogP contribution >= 0.6 is 0 Å². The summed E-state index contributed by atoms with van der Waals surface area (Å²) in [6.07, 6.45) is 12.0. The van der Waals surface area contributed by atoms with Crippen molar-refractivity contribution in [2.75, 3.05) is 0 Å². The summed E-state index contributed by atoms with van der Waals surface area (Å²) < 4.78 is 0. The molecule has 30 heavy (non-hydrogen) atoms. The SMILES string of the molecule is CC(C)Cc1ccc(C(C)C(=O)N(C(=O)NC2CCCCC2)C2CCCCC2)cc1. The van der Waals surface area contributed by atoms with E-state index in [0.717, 1.165) is 50.5 Å². The van der Waals surface area contributed by atoms with Crippen molar-refractivity contribution in [3.8, 4) is 0 Å². The number of hydrogen-bond acceptors (Lipinski definition) is 2. The summed E-state index contributed by atoms with van der Waals surface area (Å²) in [5.74, 6) is 0.254. The third-order valence-electron chi connectivity index (χ3n) is 6.82. The van der Waals surface area contributed by atoms with E-state index in [2.05, 4.69) is 43.4 Å². The summed E-state index contributed by atoms with van der Waals surface area (Å²) in [5, 5.41) is 3.20. The Kier molecular flexibility index (Phi) is 8.35. The molecule has 3 rings (SSSR count). The fourth-order valence-corrected chi connectivity index (χ4v) is 5.04. The highest BCUT2D eigenvalue weighted by atomic mass is 16.2. The molecule has 0 saturated heterocycles. The van der Waals surface area contributed by atoms with Gasteiger partial charge >= 0.3 is 6.03 Å². The van der Waals surface area contributed by atoms with E-state index in [1.54, 1.807) is 4.90 Å². The van der Waals surface area contributed by atoms with E-state index in [4.69, 9.17) is 0 Å². The number of carbonyl (C=O) groups excluding carboxylic acids is 2. The van der Waals surface area contributed by atoms with Crippen LogP contribution < -0.4 is 5.32 Å². The lowest BCUT2D eigenvalue weighted by Crippen LogP contribution is -2.53. The first kappa shape index (κ1) is 22.8. The highest BCUT2D eigenvalue weighted by Gasteiger charge is 2.35. The minimum atomic E-state index is -0.308. The summed E-state index contributed by atoms with van der Waals surface area (Å²) in [5.41, 5.74) is 2.30. The molecule has 1 aromatic rings. The number of nitrogens with one attached hydrogen (secondary N) is 1. The molecular weight excluding hydrogens is 372 g/mol. The molecule has 0 bridgehead atoms. The van der Waals surface area contributed by atoms with Crippen molar-refractivity contribution in [1.82, 2.24) is 10.2 Å². The van der Waals surface area contributed by atoms with Crippen molar-refractivity contribution in [1.29, 1.82) is 0 Å². The minimum absolute atomic E-state index is 0.0394. The van der Waals surface area contributed by atoms with E-state index in [1.807, 2.05) is 6.92 Å². The van der Waals surface area contributed by atoms with Gasteiger partial charge in [-0.2, -0.15) is 0 Å². The Morgan fingerprint density at radius 1 is 0.900 bits per heavy atom. The molecule has 4 nitrogen and oxygen atoms in total. The molecule has 1 unspecified atom stereocenters. The van der Waals surface area contributed by atoms with Crippen LogP contribution in [0.5, 0.6) is 0 Å². The fraction of sp³-hybridized carbons (Fsp3) is 0.692. The third-order valence-corrected chi connectivity index (χ3v) is 6.82. The molecule has 1 atom stereocenters. The van der Waals surface area contributed by atoms with Gasteiger partial charge in [-0.25, -0.2) is 4.79 Å². The van der Waals surface area contributed by atoms with Crippen LogP contribution in [-0.4, -0.2) is 28.9 Å². The maximum absolute atomic E-state index is 13.6. The Hall–Kier alpha value is -1.84. The second kappa shape index (κ2) is 11.0. The summed E-state index contributed by atoms with van der Waals surface area (Å²) in [7, 11) is 0. The van der Waals surface area contributed by atoms with Gasteiger partial charge in [0, 0.05) is 12.1 Å². The molecule has 2 saturated carbocycles. The Bertz CT molecular complexity index is 685. The average molecular weight is 413 g/mol. The maximum atomic E-state index is 13.6. The van der Waals surface area contributed by atoms with Gasteiger partial charge in [-0.15, -0.1) is 0 Å². The molecule has 0 spiro atoms. The zero-order chi connectivity index (χ0) is 21.5. The first-order valence-corrected chi connectivity index (χ1v) is 12.2. The lowest BCUT2D eigenvalue weighted by atomic mass is 9.91. The molecule has 0 aliphatic heterocycles. The molecule has 4 heteroatoms. The van der Waals surface area contributed by atoms with E-state index in [9.17, 15) is 9.59 Å². The highest BCUT2D eigenvalue weighted by molar-refractivity contribution is 5.98. The molecule has 0 heterocycles. The van der Waals surface area contributed by atoms with Crippen LogP contribution in [0.15, 0.2) is 24.3 Å². The monoisotopic (exact) mass is 412 g/mol. The van der Waals surface area contributed by atoms with E-state index >= 15 is 0 Å². The molecule has 2 fully saturated rings. The van der Waals surface area contributed by atoms with Crippen LogP contribution in [0.4, 0.5) is 4.79 Å². The quantitative estimate of drug-likeness (QED) is 0.605.